The zero-order valence-electron chi connectivity index (χ0n) is 36.5. The predicted molar refractivity (Wildman–Crippen MR) is 224 cm³/mol. The number of rotatable bonds is 4. The zero-order valence-corrected chi connectivity index (χ0v) is 36.5. The van der Waals surface area contributed by atoms with Gasteiger partial charge in [0.2, 0.25) is 5.79 Å². The van der Waals surface area contributed by atoms with E-state index in [1.54, 1.807) is 34.0 Å². The summed E-state index contributed by atoms with van der Waals surface area (Å²) in [6.07, 6.45) is 14.6. The minimum Gasteiger partial charge on any atom is -0.460 e. The summed E-state index contributed by atoms with van der Waals surface area (Å²) in [5.41, 5.74) is 1.41. The summed E-state index contributed by atoms with van der Waals surface area (Å²) < 4.78 is 18.0. The molecule has 3 aliphatic heterocycles. The first-order valence-corrected chi connectivity index (χ1v) is 22.0. The number of nitrogens with zero attached hydrogens (tertiary/aromatic N) is 1. The average Bonchev–Trinajstić information content (AvgIpc) is 3.70. The monoisotopic (exact) mass is 826 g/mol. The fraction of sp³-hybridized carbons (Fsp3) is 0.723. The first-order valence-electron chi connectivity index (χ1n) is 22.0. The molecule has 0 spiro atoms. The van der Waals surface area contributed by atoms with E-state index in [-0.39, 0.29) is 67.3 Å². The molecule has 3 heterocycles. The Kier molecular flexibility index (Phi) is 18.5. The van der Waals surface area contributed by atoms with Crippen LogP contribution in [-0.2, 0) is 38.2 Å². The van der Waals surface area contributed by atoms with Gasteiger partial charge in [-0.1, -0.05) is 64.2 Å². The maximum Gasteiger partial charge on any atom is 0.329 e. The maximum atomic E-state index is 14.0. The summed E-state index contributed by atoms with van der Waals surface area (Å²) >= 11 is 0. The number of cyclic esters (lactones) is 1. The largest absolute Gasteiger partial charge is 0.460 e. The number of fused-ring (bicyclic) bond motifs is 3. The second-order valence-electron chi connectivity index (χ2n) is 18.0. The van der Waals surface area contributed by atoms with Crippen LogP contribution >= 0.6 is 0 Å². The highest BCUT2D eigenvalue weighted by Gasteiger charge is 2.53. The minimum atomic E-state index is -2.40. The van der Waals surface area contributed by atoms with Crippen molar-refractivity contribution in [2.45, 2.75) is 174 Å². The Morgan fingerprint density at radius 2 is 1.61 bits per heavy atom. The lowest BCUT2D eigenvalue weighted by molar-refractivity contribution is -0.265. The molecule has 4 rings (SSSR count). The van der Waals surface area contributed by atoms with Gasteiger partial charge in [0.25, 0.3) is 11.7 Å². The van der Waals surface area contributed by atoms with Crippen molar-refractivity contribution in [2.75, 3.05) is 13.7 Å². The van der Waals surface area contributed by atoms with Crippen molar-refractivity contribution in [3.8, 4) is 0 Å². The third-order valence-electron chi connectivity index (χ3n) is 13.2. The van der Waals surface area contributed by atoms with E-state index in [0.717, 1.165) is 18.4 Å². The van der Waals surface area contributed by atoms with E-state index in [4.69, 9.17) is 14.2 Å². The highest BCUT2D eigenvalue weighted by molar-refractivity contribution is 6.39. The molecule has 10 atom stereocenters. The Morgan fingerprint density at radius 1 is 0.898 bits per heavy atom. The van der Waals surface area contributed by atoms with Crippen molar-refractivity contribution >= 4 is 29.2 Å². The van der Waals surface area contributed by atoms with Gasteiger partial charge in [-0.05, 0) is 107 Å². The van der Waals surface area contributed by atoms with Crippen molar-refractivity contribution < 1.29 is 53.5 Å². The summed E-state index contributed by atoms with van der Waals surface area (Å²) in [7, 11) is 1.58. The number of aliphatic hydroxyl groups excluding tert-OH is 2. The molecule has 1 unspecified atom stereocenters. The van der Waals surface area contributed by atoms with Gasteiger partial charge in [-0.15, -0.1) is 0 Å². The quantitative estimate of drug-likeness (QED) is 0.165. The molecule has 1 saturated carbocycles. The fourth-order valence-corrected chi connectivity index (χ4v) is 8.97. The maximum absolute atomic E-state index is 14.0. The number of esters is 1. The second kappa shape index (κ2) is 22.5. The Labute approximate surface area is 351 Å². The van der Waals surface area contributed by atoms with Crippen molar-refractivity contribution in [1.29, 1.82) is 0 Å². The highest BCUT2D eigenvalue weighted by atomic mass is 16.6. The first kappa shape index (κ1) is 48.4. The van der Waals surface area contributed by atoms with Gasteiger partial charge in [0.1, 0.15) is 23.7 Å². The predicted octanol–water partition coefficient (Wildman–Crippen LogP) is 6.29. The van der Waals surface area contributed by atoms with Gasteiger partial charge in [0, 0.05) is 51.2 Å². The third-order valence-corrected chi connectivity index (χ3v) is 13.2. The molecule has 3 fully saturated rings. The Balaban J connectivity index is 1.62. The zero-order chi connectivity index (χ0) is 43.4. The van der Waals surface area contributed by atoms with Crippen LogP contribution in [0.4, 0.5) is 0 Å². The topological polar surface area (TPSA) is 177 Å². The van der Waals surface area contributed by atoms with Gasteiger partial charge in [0.05, 0.1) is 24.4 Å². The lowest BCUT2D eigenvalue weighted by atomic mass is 9.79. The molecule has 4 aliphatic rings. The van der Waals surface area contributed by atoms with Crippen LogP contribution < -0.4 is 0 Å². The summed E-state index contributed by atoms with van der Waals surface area (Å²) in [5, 5.41) is 32.8. The Bertz CT molecular complexity index is 1590. The molecule has 12 nitrogen and oxygen atoms in total. The number of hydrogen-bond acceptors (Lipinski definition) is 11. The molecule has 0 aromatic rings. The van der Waals surface area contributed by atoms with Crippen molar-refractivity contribution in [3.05, 3.63) is 47.6 Å². The number of hydrogen-bond donors (Lipinski definition) is 3. The normalized spacial score (nSPS) is 38.4. The van der Waals surface area contributed by atoms with Crippen LogP contribution in [0.3, 0.4) is 0 Å². The first-order chi connectivity index (χ1) is 27.9. The van der Waals surface area contributed by atoms with Crippen LogP contribution in [0, 0.1) is 29.6 Å². The summed E-state index contributed by atoms with van der Waals surface area (Å²) in [6, 6.07) is -1.08. The Hall–Kier alpha value is -3.29. The molecule has 2 bridgehead atoms. The van der Waals surface area contributed by atoms with Crippen LogP contribution in [0.25, 0.3) is 0 Å². The van der Waals surface area contributed by atoms with E-state index in [1.165, 1.54) is 4.90 Å². The van der Waals surface area contributed by atoms with Crippen molar-refractivity contribution in [2.24, 2.45) is 29.6 Å². The number of methoxy groups -OCH3 is 1. The average molecular weight is 826 g/mol. The van der Waals surface area contributed by atoms with Crippen LogP contribution in [-0.4, -0.2) is 105 Å². The summed E-state index contributed by atoms with van der Waals surface area (Å²) in [4.78, 5) is 69.9. The fourth-order valence-electron chi connectivity index (χ4n) is 8.97. The van der Waals surface area contributed by atoms with Crippen LogP contribution in [0.5, 0.6) is 0 Å². The van der Waals surface area contributed by atoms with Gasteiger partial charge >= 0.3 is 5.97 Å². The third kappa shape index (κ3) is 13.6. The molecule has 3 N–H and O–H groups in total. The number of Topliss-reactive ketones (excluding diaryl/α,β-unsaturated/α-hetero) is 3. The minimum absolute atomic E-state index is 0.0565. The number of allylic oxidation sites excluding steroid dienone is 6. The number of amides is 1. The lowest BCUT2D eigenvalue weighted by Crippen LogP contribution is -2.59. The molecule has 0 aromatic carbocycles. The number of carbonyl (C=O) groups excluding carboxylic acids is 5. The molecule has 2 saturated heterocycles. The van der Waals surface area contributed by atoms with E-state index in [1.807, 2.05) is 51.2 Å². The van der Waals surface area contributed by atoms with E-state index >= 15 is 0 Å². The van der Waals surface area contributed by atoms with Gasteiger partial charge in [0.15, 0.2) is 0 Å². The van der Waals surface area contributed by atoms with Crippen molar-refractivity contribution in [3.63, 3.8) is 0 Å². The lowest BCUT2D eigenvalue weighted by Gasteiger charge is -2.41. The SMILES string of the molecule is CO[C@H]1C[C@@H]2CC[C@@H](C)[C@@](O)(O2)C(=O)C(=O)N2CCCC2C(=O)O[C@H]([C@H](C)CC2CCC(O)CC2)CC(=O)[C@H](C)/C=C(\C)[C@@H](O)CC(=O)CC[C@H](C)/C=C/C=C/C=C1C. The standard InChI is InChI=1S/C47H71NO11/c1-29-12-9-8-10-13-30(2)42(57-7)27-38-22-16-34(6)47(56,59-38)44(53)45(54)48-23-11-14-39(48)46(55)58-43(33(5)25-35-17-20-36(49)21-18-35)28-41(52)32(4)24-31(3)40(51)26-37(50)19-15-29/h8-10,12-13,24,29,32-36,38-40,42-43,49,51,56H,11,14-23,25-28H2,1-7H3/b10-8+,12-9+,30-13?,31-24+/t29-,32-,33-,34-,35?,36?,38+,39?,40+,42+,43+,47-/m1/s1. The molecule has 1 aliphatic carbocycles. The van der Waals surface area contributed by atoms with E-state index in [2.05, 4.69) is 0 Å². The summed E-state index contributed by atoms with van der Waals surface area (Å²) in [5.74, 6) is -6.68. The number of ether oxygens (including phenoxy) is 3. The van der Waals surface area contributed by atoms with Crippen molar-refractivity contribution in [1.82, 2.24) is 4.90 Å². The Morgan fingerprint density at radius 3 is 2.31 bits per heavy atom. The second-order valence-corrected chi connectivity index (χ2v) is 18.0. The molecule has 1 amide bonds. The van der Waals surface area contributed by atoms with Gasteiger partial charge in [-0.2, -0.15) is 0 Å². The van der Waals surface area contributed by atoms with Gasteiger partial charge < -0.3 is 34.4 Å². The van der Waals surface area contributed by atoms with Crippen LogP contribution in [0.1, 0.15) is 131 Å². The number of aliphatic hydroxyl groups is 3. The molecular formula is C47H71NO11. The molecule has 0 radical (unpaired) electrons. The van der Waals surface area contributed by atoms with Gasteiger partial charge in [-0.3, -0.25) is 19.2 Å². The number of carbonyl (C=O) groups is 5. The highest BCUT2D eigenvalue weighted by Crippen LogP contribution is 2.37. The molecule has 0 aromatic heterocycles. The number of ketones is 3. The summed E-state index contributed by atoms with van der Waals surface area (Å²) in [6.45, 7) is 11.1. The molecule has 12 heteroatoms. The smallest absolute Gasteiger partial charge is 0.329 e. The van der Waals surface area contributed by atoms with E-state index in [0.29, 0.717) is 63.4 Å². The molecule has 330 valence electrons. The van der Waals surface area contributed by atoms with Crippen LogP contribution in [0.2, 0.25) is 0 Å². The van der Waals surface area contributed by atoms with Crippen LogP contribution in [0.15, 0.2) is 47.6 Å². The van der Waals surface area contributed by atoms with E-state index < -0.39 is 59.6 Å². The molecule has 59 heavy (non-hydrogen) atoms. The van der Waals surface area contributed by atoms with Gasteiger partial charge in [-0.25, -0.2) is 4.79 Å². The molecular weight excluding hydrogens is 755 g/mol. The van der Waals surface area contributed by atoms with E-state index in [9.17, 15) is 39.3 Å².